The number of likely N-dealkylation sites (tertiary alicyclic amines) is 2. The maximum Gasteiger partial charge on any atom is 0.326 e. The van der Waals surface area contributed by atoms with Crippen molar-refractivity contribution in [2.24, 2.45) is 5.92 Å². The molecule has 2 aliphatic heterocycles. The SMILES string of the molecule is O=C(O)C1CCCCN1C(=O)C1CCCN(Cc2cccc(F)c2)C1. The molecule has 2 aliphatic rings. The highest BCUT2D eigenvalue weighted by Gasteiger charge is 2.36. The summed E-state index contributed by atoms with van der Waals surface area (Å²) in [5.41, 5.74) is 0.898. The Morgan fingerprint density at radius 3 is 2.76 bits per heavy atom. The highest BCUT2D eigenvalue weighted by atomic mass is 19.1. The molecule has 0 bridgehead atoms. The second kappa shape index (κ2) is 7.95. The summed E-state index contributed by atoms with van der Waals surface area (Å²) in [7, 11) is 0. The number of amides is 1. The molecule has 0 spiro atoms. The molecule has 2 saturated heterocycles. The minimum absolute atomic E-state index is 0.0314. The van der Waals surface area contributed by atoms with Crippen molar-refractivity contribution in [1.29, 1.82) is 0 Å². The smallest absolute Gasteiger partial charge is 0.326 e. The molecular formula is C19H25FN2O3. The summed E-state index contributed by atoms with van der Waals surface area (Å²) in [6, 6.07) is 5.85. The quantitative estimate of drug-likeness (QED) is 0.908. The fourth-order valence-corrected chi connectivity index (χ4v) is 3.98. The van der Waals surface area contributed by atoms with Crippen molar-refractivity contribution in [3.63, 3.8) is 0 Å². The van der Waals surface area contributed by atoms with E-state index in [1.165, 1.54) is 12.1 Å². The molecule has 5 nitrogen and oxygen atoms in total. The molecule has 2 heterocycles. The van der Waals surface area contributed by atoms with Crippen LogP contribution in [-0.2, 0) is 16.1 Å². The zero-order chi connectivity index (χ0) is 17.8. The normalized spacial score (nSPS) is 24.9. The molecule has 6 heteroatoms. The summed E-state index contributed by atoms with van der Waals surface area (Å²) in [5.74, 6) is -1.35. The van der Waals surface area contributed by atoms with Gasteiger partial charge >= 0.3 is 5.97 Å². The van der Waals surface area contributed by atoms with E-state index in [0.717, 1.165) is 37.8 Å². The third-order valence-corrected chi connectivity index (χ3v) is 5.22. The maximum absolute atomic E-state index is 13.4. The van der Waals surface area contributed by atoms with Crippen molar-refractivity contribution in [3.05, 3.63) is 35.6 Å². The minimum Gasteiger partial charge on any atom is -0.480 e. The molecule has 1 amide bonds. The molecule has 2 fully saturated rings. The largest absolute Gasteiger partial charge is 0.480 e. The first-order chi connectivity index (χ1) is 12.0. The molecule has 0 aromatic heterocycles. The lowest BCUT2D eigenvalue weighted by molar-refractivity contribution is -0.154. The molecule has 2 unspecified atom stereocenters. The van der Waals surface area contributed by atoms with Crippen molar-refractivity contribution in [2.45, 2.75) is 44.7 Å². The van der Waals surface area contributed by atoms with Gasteiger partial charge in [0.2, 0.25) is 5.91 Å². The van der Waals surface area contributed by atoms with Crippen LogP contribution in [0.3, 0.4) is 0 Å². The third-order valence-electron chi connectivity index (χ3n) is 5.22. The second-order valence-electron chi connectivity index (χ2n) is 7.09. The molecule has 0 aliphatic carbocycles. The lowest BCUT2D eigenvalue weighted by Crippen LogP contribution is -2.52. The van der Waals surface area contributed by atoms with Gasteiger partial charge in [-0.1, -0.05) is 12.1 Å². The predicted molar refractivity (Wildman–Crippen MR) is 91.4 cm³/mol. The van der Waals surface area contributed by atoms with Crippen LogP contribution in [0, 0.1) is 11.7 Å². The predicted octanol–water partition coefficient (Wildman–Crippen LogP) is 2.50. The van der Waals surface area contributed by atoms with Crippen LogP contribution in [0.4, 0.5) is 4.39 Å². The van der Waals surface area contributed by atoms with E-state index in [-0.39, 0.29) is 17.6 Å². The van der Waals surface area contributed by atoms with Gasteiger partial charge in [-0.25, -0.2) is 9.18 Å². The Hall–Kier alpha value is -1.95. The van der Waals surface area contributed by atoms with E-state index in [9.17, 15) is 19.1 Å². The van der Waals surface area contributed by atoms with Crippen LogP contribution in [0.2, 0.25) is 0 Å². The summed E-state index contributed by atoms with van der Waals surface area (Å²) in [6.07, 6.45) is 3.96. The van der Waals surface area contributed by atoms with Gasteiger partial charge in [0.05, 0.1) is 5.92 Å². The number of nitrogens with zero attached hydrogens (tertiary/aromatic N) is 2. The van der Waals surface area contributed by atoms with Gasteiger partial charge in [-0.2, -0.15) is 0 Å². The molecule has 2 atom stereocenters. The summed E-state index contributed by atoms with van der Waals surface area (Å²) in [4.78, 5) is 28.1. The lowest BCUT2D eigenvalue weighted by Gasteiger charge is -2.38. The molecule has 1 aromatic carbocycles. The number of piperidine rings is 2. The molecule has 136 valence electrons. The van der Waals surface area contributed by atoms with E-state index in [1.54, 1.807) is 11.0 Å². The highest BCUT2D eigenvalue weighted by Crippen LogP contribution is 2.25. The van der Waals surface area contributed by atoms with Crippen LogP contribution >= 0.6 is 0 Å². The average Bonchev–Trinajstić information content (AvgIpc) is 2.61. The van der Waals surface area contributed by atoms with Gasteiger partial charge in [0.15, 0.2) is 0 Å². The van der Waals surface area contributed by atoms with E-state index < -0.39 is 12.0 Å². The van der Waals surface area contributed by atoms with Gasteiger partial charge in [0.1, 0.15) is 11.9 Å². The number of hydrogen-bond acceptors (Lipinski definition) is 3. The van der Waals surface area contributed by atoms with Crippen LogP contribution in [0.1, 0.15) is 37.7 Å². The highest BCUT2D eigenvalue weighted by molar-refractivity contribution is 5.85. The lowest BCUT2D eigenvalue weighted by atomic mass is 9.93. The Morgan fingerprint density at radius 2 is 2.00 bits per heavy atom. The first-order valence-corrected chi connectivity index (χ1v) is 9.04. The number of hydrogen-bond donors (Lipinski definition) is 1. The zero-order valence-electron chi connectivity index (χ0n) is 14.4. The zero-order valence-corrected chi connectivity index (χ0v) is 14.4. The molecule has 0 saturated carbocycles. The van der Waals surface area contributed by atoms with E-state index >= 15 is 0 Å². The number of carbonyl (C=O) groups excluding carboxylic acids is 1. The number of carbonyl (C=O) groups is 2. The van der Waals surface area contributed by atoms with Crippen LogP contribution in [0.25, 0.3) is 0 Å². The first kappa shape index (κ1) is 17.9. The number of carboxylic acids is 1. The van der Waals surface area contributed by atoms with Crippen molar-refractivity contribution in [3.8, 4) is 0 Å². The molecular weight excluding hydrogens is 323 g/mol. The van der Waals surface area contributed by atoms with Crippen LogP contribution < -0.4 is 0 Å². The van der Waals surface area contributed by atoms with Crippen molar-refractivity contribution in [1.82, 2.24) is 9.80 Å². The molecule has 1 aromatic rings. The summed E-state index contributed by atoms with van der Waals surface area (Å²) < 4.78 is 13.4. The summed E-state index contributed by atoms with van der Waals surface area (Å²) in [5, 5.41) is 9.39. The minimum atomic E-state index is -0.902. The molecule has 0 radical (unpaired) electrons. The van der Waals surface area contributed by atoms with E-state index in [1.807, 2.05) is 6.07 Å². The van der Waals surface area contributed by atoms with Crippen molar-refractivity contribution in [2.75, 3.05) is 19.6 Å². The topological polar surface area (TPSA) is 60.9 Å². The van der Waals surface area contributed by atoms with Crippen LogP contribution in [-0.4, -0.2) is 52.5 Å². The maximum atomic E-state index is 13.4. The standard InChI is InChI=1S/C19H25FN2O3/c20-16-7-3-5-14(11-16)12-21-9-4-6-15(13-21)18(23)22-10-2-1-8-17(22)19(24)25/h3,5,7,11,15,17H,1-2,4,6,8-10,12-13H2,(H,24,25). The molecule has 3 rings (SSSR count). The Kier molecular flexibility index (Phi) is 5.68. The van der Waals surface area contributed by atoms with Gasteiger partial charge in [0.25, 0.3) is 0 Å². The van der Waals surface area contributed by atoms with Crippen molar-refractivity contribution >= 4 is 11.9 Å². The number of halogens is 1. The fourth-order valence-electron chi connectivity index (χ4n) is 3.98. The van der Waals surface area contributed by atoms with Gasteiger partial charge in [-0.15, -0.1) is 0 Å². The first-order valence-electron chi connectivity index (χ1n) is 9.04. The Morgan fingerprint density at radius 1 is 1.16 bits per heavy atom. The summed E-state index contributed by atoms with van der Waals surface area (Å²) in [6.45, 7) is 2.64. The van der Waals surface area contributed by atoms with E-state index in [4.69, 9.17) is 0 Å². The summed E-state index contributed by atoms with van der Waals surface area (Å²) >= 11 is 0. The molecule has 1 N–H and O–H groups in total. The number of benzene rings is 1. The number of rotatable bonds is 4. The van der Waals surface area contributed by atoms with Crippen molar-refractivity contribution < 1.29 is 19.1 Å². The third kappa shape index (κ3) is 4.37. The average molecular weight is 348 g/mol. The Labute approximate surface area is 147 Å². The second-order valence-corrected chi connectivity index (χ2v) is 7.09. The van der Waals surface area contributed by atoms with Gasteiger partial charge in [0, 0.05) is 19.6 Å². The van der Waals surface area contributed by atoms with E-state index in [2.05, 4.69) is 4.90 Å². The monoisotopic (exact) mass is 348 g/mol. The Balaban J connectivity index is 1.64. The van der Waals surface area contributed by atoms with Gasteiger partial charge in [-0.3, -0.25) is 9.69 Å². The van der Waals surface area contributed by atoms with Crippen LogP contribution in [0.15, 0.2) is 24.3 Å². The van der Waals surface area contributed by atoms with E-state index in [0.29, 0.717) is 26.1 Å². The Bertz CT molecular complexity index is 637. The van der Waals surface area contributed by atoms with Gasteiger partial charge in [-0.05, 0) is 56.3 Å². The fraction of sp³-hybridized carbons (Fsp3) is 0.579. The molecule has 25 heavy (non-hydrogen) atoms. The van der Waals surface area contributed by atoms with Gasteiger partial charge < -0.3 is 10.0 Å². The number of carboxylic acid groups (broad SMARTS) is 1. The number of aliphatic carboxylic acids is 1. The van der Waals surface area contributed by atoms with Crippen LogP contribution in [0.5, 0.6) is 0 Å².